The van der Waals surface area contributed by atoms with Crippen LogP contribution in [0.15, 0.2) is 12.3 Å². The van der Waals surface area contributed by atoms with Crippen molar-refractivity contribution in [3.63, 3.8) is 0 Å². The van der Waals surface area contributed by atoms with Crippen LogP contribution in [0.3, 0.4) is 0 Å². The first-order valence-corrected chi connectivity index (χ1v) is 5.19. The molecule has 0 amide bonds. The molecule has 0 unspecified atom stereocenters. The molecule has 2 aromatic rings. The van der Waals surface area contributed by atoms with E-state index in [9.17, 15) is 0 Å². The van der Waals surface area contributed by atoms with Crippen LogP contribution in [0.5, 0.6) is 0 Å². The molecule has 3 heteroatoms. The Morgan fingerprint density at radius 1 is 1.13 bits per heavy atom. The van der Waals surface area contributed by atoms with Crippen molar-refractivity contribution in [3.05, 3.63) is 29.3 Å². The first-order chi connectivity index (χ1) is 7.08. The summed E-state index contributed by atoms with van der Waals surface area (Å²) in [5.74, 6) is 1.22. The number of pyridine rings is 1. The van der Waals surface area contributed by atoms with Crippen molar-refractivity contribution in [2.45, 2.75) is 33.6 Å². The molecular formula is C12H15N3. The van der Waals surface area contributed by atoms with E-state index in [-0.39, 0.29) is 0 Å². The lowest BCUT2D eigenvalue weighted by Gasteiger charge is -2.07. The minimum Gasteiger partial charge on any atom is -0.237 e. The summed E-state index contributed by atoms with van der Waals surface area (Å²) < 4.78 is 0. The van der Waals surface area contributed by atoms with Crippen molar-refractivity contribution in [1.82, 2.24) is 15.0 Å². The highest BCUT2D eigenvalue weighted by Gasteiger charge is 2.08. The van der Waals surface area contributed by atoms with E-state index >= 15 is 0 Å². The van der Waals surface area contributed by atoms with Crippen molar-refractivity contribution in [2.24, 2.45) is 0 Å². The van der Waals surface area contributed by atoms with Crippen LogP contribution in [-0.4, -0.2) is 15.0 Å². The average molecular weight is 201 g/mol. The predicted molar refractivity (Wildman–Crippen MR) is 60.9 cm³/mol. The standard InChI is InChI=1S/C12H15N3/c1-7(2)11-14-9(4)10-5-8(3)6-13-12(10)15-11/h5-7H,1-4H3. The van der Waals surface area contributed by atoms with Crippen LogP contribution in [0.2, 0.25) is 0 Å². The van der Waals surface area contributed by atoms with Crippen molar-refractivity contribution < 1.29 is 0 Å². The van der Waals surface area contributed by atoms with E-state index in [2.05, 4.69) is 34.9 Å². The number of aromatic nitrogens is 3. The predicted octanol–water partition coefficient (Wildman–Crippen LogP) is 2.77. The Morgan fingerprint density at radius 3 is 2.53 bits per heavy atom. The topological polar surface area (TPSA) is 38.7 Å². The maximum absolute atomic E-state index is 4.49. The van der Waals surface area contributed by atoms with E-state index in [1.165, 1.54) is 0 Å². The van der Waals surface area contributed by atoms with Gasteiger partial charge in [0.05, 0.1) is 5.69 Å². The SMILES string of the molecule is Cc1cnc2nc(C(C)C)nc(C)c2c1. The van der Waals surface area contributed by atoms with Gasteiger partial charge in [0.25, 0.3) is 0 Å². The number of hydrogen-bond acceptors (Lipinski definition) is 3. The molecule has 2 aromatic heterocycles. The van der Waals surface area contributed by atoms with E-state index in [0.29, 0.717) is 5.92 Å². The van der Waals surface area contributed by atoms with Crippen LogP contribution >= 0.6 is 0 Å². The molecule has 0 saturated carbocycles. The van der Waals surface area contributed by atoms with E-state index in [0.717, 1.165) is 28.1 Å². The van der Waals surface area contributed by atoms with Crippen molar-refractivity contribution in [2.75, 3.05) is 0 Å². The molecule has 15 heavy (non-hydrogen) atoms. The molecule has 78 valence electrons. The van der Waals surface area contributed by atoms with Gasteiger partial charge in [-0.25, -0.2) is 15.0 Å². The van der Waals surface area contributed by atoms with Gasteiger partial charge < -0.3 is 0 Å². The van der Waals surface area contributed by atoms with Crippen LogP contribution in [0, 0.1) is 13.8 Å². The minimum absolute atomic E-state index is 0.344. The van der Waals surface area contributed by atoms with Crippen LogP contribution in [0.25, 0.3) is 11.0 Å². The van der Waals surface area contributed by atoms with Gasteiger partial charge in [-0.15, -0.1) is 0 Å². The fourth-order valence-electron chi connectivity index (χ4n) is 1.54. The molecule has 0 atom stereocenters. The Hall–Kier alpha value is -1.51. The van der Waals surface area contributed by atoms with Crippen molar-refractivity contribution in [1.29, 1.82) is 0 Å². The van der Waals surface area contributed by atoms with Crippen LogP contribution in [-0.2, 0) is 0 Å². The van der Waals surface area contributed by atoms with Gasteiger partial charge >= 0.3 is 0 Å². The van der Waals surface area contributed by atoms with E-state index in [1.54, 1.807) is 0 Å². The van der Waals surface area contributed by atoms with Gasteiger partial charge in [0.1, 0.15) is 5.82 Å². The summed E-state index contributed by atoms with van der Waals surface area (Å²) in [6.45, 7) is 8.23. The second kappa shape index (κ2) is 3.57. The average Bonchev–Trinajstić information content (AvgIpc) is 2.18. The van der Waals surface area contributed by atoms with Gasteiger partial charge in [-0.1, -0.05) is 13.8 Å². The maximum atomic E-state index is 4.49. The summed E-state index contributed by atoms with van der Waals surface area (Å²) in [5.41, 5.74) is 2.96. The van der Waals surface area contributed by atoms with E-state index in [4.69, 9.17) is 0 Å². The molecule has 0 saturated heterocycles. The summed E-state index contributed by atoms with van der Waals surface area (Å²) in [4.78, 5) is 13.3. The Balaban J connectivity index is 2.73. The number of rotatable bonds is 1. The summed E-state index contributed by atoms with van der Waals surface area (Å²) >= 11 is 0. The first kappa shape index (κ1) is 10.0. The Morgan fingerprint density at radius 2 is 1.87 bits per heavy atom. The third-order valence-electron chi connectivity index (χ3n) is 2.41. The van der Waals surface area contributed by atoms with Crippen molar-refractivity contribution in [3.8, 4) is 0 Å². The third-order valence-corrected chi connectivity index (χ3v) is 2.41. The molecule has 2 heterocycles. The molecule has 0 N–H and O–H groups in total. The normalized spacial score (nSPS) is 11.3. The molecule has 0 radical (unpaired) electrons. The zero-order chi connectivity index (χ0) is 11.0. The molecule has 3 nitrogen and oxygen atoms in total. The monoisotopic (exact) mass is 201 g/mol. The van der Waals surface area contributed by atoms with E-state index in [1.807, 2.05) is 20.0 Å². The Kier molecular flexibility index (Phi) is 2.39. The smallest absolute Gasteiger partial charge is 0.163 e. The zero-order valence-electron chi connectivity index (χ0n) is 9.57. The lowest BCUT2D eigenvalue weighted by Crippen LogP contribution is -2.01. The number of aryl methyl sites for hydroxylation is 2. The highest BCUT2D eigenvalue weighted by molar-refractivity contribution is 5.77. The third kappa shape index (κ3) is 1.82. The van der Waals surface area contributed by atoms with Gasteiger partial charge in [-0.3, -0.25) is 0 Å². The molecule has 0 aromatic carbocycles. The number of fused-ring (bicyclic) bond motifs is 1. The van der Waals surface area contributed by atoms with Gasteiger partial charge in [0.2, 0.25) is 0 Å². The Bertz CT molecular complexity index is 503. The summed E-state index contributed by atoms with van der Waals surface area (Å²) in [6, 6.07) is 2.09. The summed E-state index contributed by atoms with van der Waals surface area (Å²) in [7, 11) is 0. The zero-order valence-corrected chi connectivity index (χ0v) is 9.57. The van der Waals surface area contributed by atoms with Crippen LogP contribution < -0.4 is 0 Å². The molecular weight excluding hydrogens is 186 g/mol. The molecule has 0 aliphatic rings. The van der Waals surface area contributed by atoms with Crippen LogP contribution in [0.4, 0.5) is 0 Å². The van der Waals surface area contributed by atoms with Gasteiger partial charge in [0, 0.05) is 17.5 Å². The second-order valence-electron chi connectivity index (χ2n) is 4.21. The number of nitrogens with zero attached hydrogens (tertiary/aromatic N) is 3. The molecule has 2 rings (SSSR count). The highest BCUT2D eigenvalue weighted by Crippen LogP contribution is 2.17. The van der Waals surface area contributed by atoms with Crippen LogP contribution in [0.1, 0.15) is 36.8 Å². The highest BCUT2D eigenvalue weighted by atomic mass is 14.9. The lowest BCUT2D eigenvalue weighted by molar-refractivity contribution is 0.774. The Labute approximate surface area is 89.6 Å². The van der Waals surface area contributed by atoms with Crippen molar-refractivity contribution >= 4 is 11.0 Å². The van der Waals surface area contributed by atoms with Gasteiger partial charge in [0.15, 0.2) is 5.65 Å². The molecule has 0 fully saturated rings. The van der Waals surface area contributed by atoms with Gasteiger partial charge in [-0.05, 0) is 25.5 Å². The summed E-state index contributed by atoms with van der Waals surface area (Å²) in [6.07, 6.45) is 1.85. The fraction of sp³-hybridized carbons (Fsp3) is 0.417. The fourth-order valence-corrected chi connectivity index (χ4v) is 1.54. The largest absolute Gasteiger partial charge is 0.237 e. The quantitative estimate of drug-likeness (QED) is 0.712. The molecule has 0 spiro atoms. The minimum atomic E-state index is 0.344. The second-order valence-corrected chi connectivity index (χ2v) is 4.21. The summed E-state index contributed by atoms with van der Waals surface area (Å²) in [5, 5.41) is 1.06. The van der Waals surface area contributed by atoms with Gasteiger partial charge in [-0.2, -0.15) is 0 Å². The number of hydrogen-bond donors (Lipinski definition) is 0. The maximum Gasteiger partial charge on any atom is 0.163 e. The lowest BCUT2D eigenvalue weighted by atomic mass is 10.1. The first-order valence-electron chi connectivity index (χ1n) is 5.19. The van der Waals surface area contributed by atoms with E-state index < -0.39 is 0 Å². The molecule has 0 bridgehead atoms. The molecule has 0 aliphatic carbocycles. The molecule has 0 aliphatic heterocycles.